The van der Waals surface area contributed by atoms with Crippen molar-refractivity contribution in [2.24, 2.45) is 5.92 Å². The summed E-state index contributed by atoms with van der Waals surface area (Å²) in [5.41, 5.74) is 2.16. The molecule has 78 valence electrons. The molecule has 1 N–H and O–H groups in total. The predicted molar refractivity (Wildman–Crippen MR) is 58.9 cm³/mol. The Kier molecular flexibility index (Phi) is 2.10. The van der Waals surface area contributed by atoms with E-state index < -0.39 is 0 Å². The second-order valence-corrected chi connectivity index (χ2v) is 4.55. The maximum atomic E-state index is 11.9. The maximum absolute atomic E-state index is 11.9. The molecular weight excluding hydrogens is 186 g/mol. The summed E-state index contributed by atoms with van der Waals surface area (Å²) in [6.07, 6.45) is 3.13. The number of carbonyl (C=O) groups is 1. The Labute approximate surface area is 89.7 Å². The first-order valence-electron chi connectivity index (χ1n) is 5.72. The number of carbonyl (C=O) groups excluding carboxylic acids is 1. The van der Waals surface area contributed by atoms with Gasteiger partial charge in [-0.1, -0.05) is 24.3 Å². The summed E-state index contributed by atoms with van der Waals surface area (Å²) >= 11 is 0. The van der Waals surface area contributed by atoms with E-state index in [0.717, 1.165) is 18.5 Å². The van der Waals surface area contributed by atoms with Crippen molar-refractivity contribution < 1.29 is 4.79 Å². The minimum absolute atomic E-state index is 0.329. The molecular formula is C13H15NO. The number of hydrogen-bond acceptors (Lipinski definition) is 2. The molecule has 0 spiro atoms. The summed E-state index contributed by atoms with van der Waals surface area (Å²) < 4.78 is 0. The van der Waals surface area contributed by atoms with Crippen LogP contribution in [0.1, 0.15) is 41.2 Å². The highest BCUT2D eigenvalue weighted by Crippen LogP contribution is 2.38. The lowest BCUT2D eigenvalue weighted by molar-refractivity contribution is 0.0912. The highest BCUT2D eigenvalue weighted by atomic mass is 16.1. The van der Waals surface area contributed by atoms with E-state index >= 15 is 0 Å². The van der Waals surface area contributed by atoms with Gasteiger partial charge in [0.1, 0.15) is 0 Å². The quantitative estimate of drug-likeness (QED) is 0.698. The lowest BCUT2D eigenvalue weighted by atomic mass is 9.75. The molecule has 1 aromatic rings. The normalized spacial score (nSPS) is 29.5. The van der Waals surface area contributed by atoms with Crippen molar-refractivity contribution in [3.05, 3.63) is 35.4 Å². The van der Waals surface area contributed by atoms with Crippen molar-refractivity contribution in [2.75, 3.05) is 6.54 Å². The topological polar surface area (TPSA) is 29.1 Å². The Morgan fingerprint density at radius 1 is 1.27 bits per heavy atom. The van der Waals surface area contributed by atoms with Gasteiger partial charge in [-0.3, -0.25) is 4.79 Å². The van der Waals surface area contributed by atoms with E-state index in [0.29, 0.717) is 17.7 Å². The minimum Gasteiger partial charge on any atom is -0.310 e. The number of rotatable bonds is 0. The Balaban J connectivity index is 2.07. The van der Waals surface area contributed by atoms with Crippen LogP contribution in [0.15, 0.2) is 24.3 Å². The average Bonchev–Trinajstić information content (AvgIpc) is 2.30. The predicted octanol–water partition coefficient (Wildman–Crippen LogP) is 2.31. The number of piperidine rings is 1. The average molecular weight is 201 g/mol. The molecule has 1 aliphatic heterocycles. The SMILES string of the molecule is O=C1CC2CCCNC2c2ccccc21. The summed E-state index contributed by atoms with van der Waals surface area (Å²) in [5.74, 6) is 0.858. The first kappa shape index (κ1) is 9.10. The van der Waals surface area contributed by atoms with E-state index in [1.165, 1.54) is 18.4 Å². The summed E-state index contributed by atoms with van der Waals surface area (Å²) in [7, 11) is 0. The molecule has 2 aliphatic rings. The molecule has 3 rings (SSSR count). The fraction of sp³-hybridized carbons (Fsp3) is 0.462. The third-order valence-corrected chi connectivity index (χ3v) is 3.63. The largest absolute Gasteiger partial charge is 0.310 e. The van der Waals surface area contributed by atoms with E-state index in [9.17, 15) is 4.79 Å². The van der Waals surface area contributed by atoms with Crippen LogP contribution in [0, 0.1) is 5.92 Å². The van der Waals surface area contributed by atoms with Crippen LogP contribution >= 0.6 is 0 Å². The van der Waals surface area contributed by atoms with E-state index in [2.05, 4.69) is 11.4 Å². The fourth-order valence-corrected chi connectivity index (χ4v) is 2.91. The summed E-state index contributed by atoms with van der Waals surface area (Å²) in [6, 6.07) is 8.48. The minimum atomic E-state index is 0.329. The Bertz CT molecular complexity index is 399. The number of nitrogens with one attached hydrogen (secondary N) is 1. The highest BCUT2D eigenvalue weighted by molar-refractivity contribution is 5.99. The fourth-order valence-electron chi connectivity index (χ4n) is 2.91. The molecule has 1 heterocycles. The monoisotopic (exact) mass is 201 g/mol. The van der Waals surface area contributed by atoms with Gasteiger partial charge < -0.3 is 5.32 Å². The Hall–Kier alpha value is -1.15. The molecule has 1 aliphatic carbocycles. The highest BCUT2D eigenvalue weighted by Gasteiger charge is 2.34. The van der Waals surface area contributed by atoms with Gasteiger partial charge in [0.2, 0.25) is 0 Å². The van der Waals surface area contributed by atoms with Crippen molar-refractivity contribution in [3.63, 3.8) is 0 Å². The van der Waals surface area contributed by atoms with Crippen molar-refractivity contribution in [3.8, 4) is 0 Å². The van der Waals surface area contributed by atoms with Crippen molar-refractivity contribution >= 4 is 5.78 Å². The van der Waals surface area contributed by atoms with Gasteiger partial charge in [-0.05, 0) is 30.9 Å². The maximum Gasteiger partial charge on any atom is 0.163 e. The summed E-state index contributed by atoms with van der Waals surface area (Å²) in [6.45, 7) is 1.09. The zero-order chi connectivity index (χ0) is 10.3. The summed E-state index contributed by atoms with van der Waals surface area (Å²) in [5, 5.41) is 3.55. The van der Waals surface area contributed by atoms with Crippen LogP contribution in [0.3, 0.4) is 0 Å². The zero-order valence-corrected chi connectivity index (χ0v) is 8.70. The molecule has 15 heavy (non-hydrogen) atoms. The van der Waals surface area contributed by atoms with Crippen LogP contribution in [0.25, 0.3) is 0 Å². The molecule has 0 amide bonds. The molecule has 2 heteroatoms. The van der Waals surface area contributed by atoms with Crippen LogP contribution in [-0.2, 0) is 0 Å². The second-order valence-electron chi connectivity index (χ2n) is 4.55. The van der Waals surface area contributed by atoms with E-state index in [4.69, 9.17) is 0 Å². The van der Waals surface area contributed by atoms with Gasteiger partial charge in [0, 0.05) is 18.0 Å². The molecule has 2 atom stereocenters. The van der Waals surface area contributed by atoms with Crippen LogP contribution in [0.5, 0.6) is 0 Å². The molecule has 0 bridgehead atoms. The smallest absolute Gasteiger partial charge is 0.163 e. The van der Waals surface area contributed by atoms with E-state index in [-0.39, 0.29) is 0 Å². The number of ketones is 1. The van der Waals surface area contributed by atoms with Gasteiger partial charge in [-0.25, -0.2) is 0 Å². The molecule has 1 aromatic carbocycles. The molecule has 2 unspecified atom stereocenters. The number of hydrogen-bond donors (Lipinski definition) is 1. The van der Waals surface area contributed by atoms with Gasteiger partial charge >= 0.3 is 0 Å². The number of Topliss-reactive ketones (excluding diaryl/α,β-unsaturated/α-hetero) is 1. The van der Waals surface area contributed by atoms with Crippen molar-refractivity contribution in [1.82, 2.24) is 5.32 Å². The number of fused-ring (bicyclic) bond motifs is 3. The lowest BCUT2D eigenvalue weighted by Crippen LogP contribution is -2.39. The molecule has 0 radical (unpaired) electrons. The zero-order valence-electron chi connectivity index (χ0n) is 8.70. The van der Waals surface area contributed by atoms with Gasteiger partial charge in [-0.15, -0.1) is 0 Å². The molecule has 1 fully saturated rings. The molecule has 1 saturated heterocycles. The third kappa shape index (κ3) is 1.40. The summed E-state index contributed by atoms with van der Waals surface area (Å²) in [4.78, 5) is 11.9. The molecule has 2 nitrogen and oxygen atoms in total. The van der Waals surface area contributed by atoms with Gasteiger partial charge in [0.15, 0.2) is 5.78 Å². The van der Waals surface area contributed by atoms with E-state index in [1.807, 2.05) is 18.2 Å². The Morgan fingerprint density at radius 2 is 2.13 bits per heavy atom. The number of benzene rings is 1. The van der Waals surface area contributed by atoms with Crippen molar-refractivity contribution in [1.29, 1.82) is 0 Å². The van der Waals surface area contributed by atoms with Crippen LogP contribution in [0.4, 0.5) is 0 Å². The third-order valence-electron chi connectivity index (χ3n) is 3.63. The Morgan fingerprint density at radius 3 is 3.07 bits per heavy atom. The molecule has 0 aromatic heterocycles. The van der Waals surface area contributed by atoms with Crippen LogP contribution in [0.2, 0.25) is 0 Å². The molecule has 0 saturated carbocycles. The van der Waals surface area contributed by atoms with Crippen LogP contribution in [-0.4, -0.2) is 12.3 Å². The van der Waals surface area contributed by atoms with Crippen molar-refractivity contribution in [2.45, 2.75) is 25.3 Å². The second kappa shape index (κ2) is 3.46. The van der Waals surface area contributed by atoms with Gasteiger partial charge in [-0.2, -0.15) is 0 Å². The lowest BCUT2D eigenvalue weighted by Gasteiger charge is -2.37. The van der Waals surface area contributed by atoms with E-state index in [1.54, 1.807) is 0 Å². The van der Waals surface area contributed by atoms with Gasteiger partial charge in [0.25, 0.3) is 0 Å². The van der Waals surface area contributed by atoms with Gasteiger partial charge in [0.05, 0.1) is 0 Å². The van der Waals surface area contributed by atoms with Crippen LogP contribution < -0.4 is 5.32 Å². The standard InChI is InChI=1S/C13H15NO/c15-12-8-9-4-3-7-14-13(9)11-6-2-1-5-10(11)12/h1-2,5-6,9,13-14H,3-4,7-8H2. The first-order valence-corrected chi connectivity index (χ1v) is 5.72. The first-order chi connectivity index (χ1) is 7.36.